The molecule has 0 aromatic rings. The fourth-order valence-corrected chi connectivity index (χ4v) is 1.38. The SMILES string of the molecule is O=CC1CS(=O)C1=O. The van der Waals surface area contributed by atoms with Gasteiger partial charge in [0, 0.05) is 5.75 Å². The molecule has 0 spiro atoms. The summed E-state index contributed by atoms with van der Waals surface area (Å²) in [7, 11) is -1.34. The summed E-state index contributed by atoms with van der Waals surface area (Å²) in [5, 5.41) is -0.417. The zero-order chi connectivity index (χ0) is 6.15. The fourth-order valence-electron chi connectivity index (χ4n) is 0.478. The lowest BCUT2D eigenvalue weighted by atomic mass is 10.2. The van der Waals surface area contributed by atoms with Gasteiger partial charge in [-0.3, -0.25) is 9.00 Å². The molecule has 0 aromatic carbocycles. The molecule has 0 bridgehead atoms. The normalized spacial score (nSPS) is 36.2. The Labute approximate surface area is 48.5 Å². The molecule has 0 amide bonds. The molecule has 0 radical (unpaired) electrons. The number of carbonyl (C=O) groups is 2. The van der Waals surface area contributed by atoms with E-state index in [0.717, 1.165) is 0 Å². The lowest BCUT2D eigenvalue weighted by Crippen LogP contribution is -2.38. The van der Waals surface area contributed by atoms with Crippen LogP contribution in [-0.4, -0.2) is 21.4 Å². The molecule has 8 heavy (non-hydrogen) atoms. The van der Waals surface area contributed by atoms with E-state index in [4.69, 9.17) is 0 Å². The van der Waals surface area contributed by atoms with E-state index in [1.807, 2.05) is 0 Å². The number of rotatable bonds is 1. The molecule has 44 valence electrons. The first-order valence-corrected chi connectivity index (χ1v) is 3.45. The van der Waals surface area contributed by atoms with Gasteiger partial charge in [0.25, 0.3) is 0 Å². The van der Waals surface area contributed by atoms with Gasteiger partial charge in [0.2, 0.25) is 5.12 Å². The number of aldehydes is 1. The third-order valence-corrected chi connectivity index (χ3v) is 2.44. The number of hydrogen-bond donors (Lipinski definition) is 0. The molecule has 1 heterocycles. The minimum Gasteiger partial charge on any atom is -0.303 e. The van der Waals surface area contributed by atoms with Crippen LogP contribution in [0.25, 0.3) is 0 Å². The van der Waals surface area contributed by atoms with E-state index in [2.05, 4.69) is 0 Å². The smallest absolute Gasteiger partial charge is 0.229 e. The Hall–Kier alpha value is -0.510. The topological polar surface area (TPSA) is 51.2 Å². The predicted octanol–water partition coefficient (Wildman–Crippen LogP) is -0.910. The van der Waals surface area contributed by atoms with Gasteiger partial charge < -0.3 is 4.79 Å². The molecule has 0 N–H and O–H groups in total. The maximum Gasteiger partial charge on any atom is 0.229 e. The first kappa shape index (κ1) is 5.62. The minimum absolute atomic E-state index is 0.238. The minimum atomic E-state index is -1.34. The van der Waals surface area contributed by atoms with E-state index >= 15 is 0 Å². The molecule has 1 rings (SSSR count). The second-order valence-corrected chi connectivity index (χ2v) is 3.00. The van der Waals surface area contributed by atoms with Crippen molar-refractivity contribution in [3.05, 3.63) is 0 Å². The third kappa shape index (κ3) is 0.608. The summed E-state index contributed by atoms with van der Waals surface area (Å²) in [6.45, 7) is 0. The van der Waals surface area contributed by atoms with Crippen LogP contribution in [-0.2, 0) is 20.4 Å². The summed E-state index contributed by atoms with van der Waals surface area (Å²) in [5.41, 5.74) is 0. The van der Waals surface area contributed by atoms with Gasteiger partial charge in [-0.1, -0.05) is 0 Å². The van der Waals surface area contributed by atoms with Crippen LogP contribution in [0.3, 0.4) is 0 Å². The van der Waals surface area contributed by atoms with Crippen molar-refractivity contribution in [2.24, 2.45) is 5.92 Å². The average Bonchev–Trinajstić information content (AvgIpc) is 1.81. The molecule has 1 saturated heterocycles. The van der Waals surface area contributed by atoms with Crippen LogP contribution in [0.2, 0.25) is 0 Å². The standard InChI is InChI=1S/C4H4O3S/c5-1-3-2-8(7)4(3)6/h1,3H,2H2. The summed E-state index contributed by atoms with van der Waals surface area (Å²) in [4.78, 5) is 20.0. The fraction of sp³-hybridized carbons (Fsp3) is 0.500. The van der Waals surface area contributed by atoms with E-state index in [9.17, 15) is 13.8 Å². The highest BCUT2D eigenvalue weighted by molar-refractivity contribution is 8.02. The highest BCUT2D eigenvalue weighted by Crippen LogP contribution is 2.12. The van der Waals surface area contributed by atoms with Crippen molar-refractivity contribution in [3.8, 4) is 0 Å². The van der Waals surface area contributed by atoms with Crippen molar-refractivity contribution in [1.29, 1.82) is 0 Å². The van der Waals surface area contributed by atoms with Crippen molar-refractivity contribution < 1.29 is 13.8 Å². The first-order valence-electron chi connectivity index (χ1n) is 2.13. The van der Waals surface area contributed by atoms with Gasteiger partial charge in [-0.2, -0.15) is 0 Å². The van der Waals surface area contributed by atoms with Crippen molar-refractivity contribution in [2.75, 3.05) is 5.75 Å². The Kier molecular flexibility index (Phi) is 1.25. The van der Waals surface area contributed by atoms with Crippen LogP contribution < -0.4 is 0 Å². The molecule has 1 fully saturated rings. The Balaban J connectivity index is 2.60. The zero-order valence-corrected chi connectivity index (χ0v) is 4.81. The van der Waals surface area contributed by atoms with Gasteiger partial charge in [0.05, 0.1) is 16.7 Å². The van der Waals surface area contributed by atoms with Crippen LogP contribution in [0.5, 0.6) is 0 Å². The molecule has 3 nitrogen and oxygen atoms in total. The van der Waals surface area contributed by atoms with Crippen LogP contribution in [0, 0.1) is 5.92 Å². The molecule has 1 aliphatic heterocycles. The van der Waals surface area contributed by atoms with E-state index in [1.165, 1.54) is 0 Å². The summed E-state index contributed by atoms with van der Waals surface area (Å²) in [6, 6.07) is 0. The predicted molar refractivity (Wildman–Crippen MR) is 27.6 cm³/mol. The quantitative estimate of drug-likeness (QED) is 0.343. The van der Waals surface area contributed by atoms with Crippen molar-refractivity contribution in [1.82, 2.24) is 0 Å². The van der Waals surface area contributed by atoms with E-state index in [-0.39, 0.29) is 5.75 Å². The largest absolute Gasteiger partial charge is 0.303 e. The maximum absolute atomic E-state index is 10.3. The summed E-state index contributed by atoms with van der Waals surface area (Å²) >= 11 is 0. The summed E-state index contributed by atoms with van der Waals surface area (Å²) in [5.74, 6) is -0.321. The van der Waals surface area contributed by atoms with Gasteiger partial charge >= 0.3 is 0 Å². The highest BCUT2D eigenvalue weighted by Gasteiger charge is 2.35. The molecule has 0 aromatic heterocycles. The Morgan fingerprint density at radius 2 is 2.38 bits per heavy atom. The second-order valence-electron chi connectivity index (χ2n) is 1.57. The lowest BCUT2D eigenvalue weighted by molar-refractivity contribution is -0.122. The van der Waals surface area contributed by atoms with E-state index in [0.29, 0.717) is 6.29 Å². The summed E-state index contributed by atoms with van der Waals surface area (Å²) < 4.78 is 10.2. The van der Waals surface area contributed by atoms with Gasteiger partial charge in [-0.15, -0.1) is 0 Å². The first-order chi connectivity index (χ1) is 3.75. The maximum atomic E-state index is 10.3. The number of hydrogen-bond acceptors (Lipinski definition) is 3. The molecule has 4 heteroatoms. The van der Waals surface area contributed by atoms with Crippen LogP contribution in [0.15, 0.2) is 0 Å². The molecule has 2 unspecified atom stereocenters. The Morgan fingerprint density at radius 1 is 1.75 bits per heavy atom. The third-order valence-electron chi connectivity index (χ3n) is 1.02. The van der Waals surface area contributed by atoms with Gasteiger partial charge in [0.15, 0.2) is 0 Å². The molecular weight excluding hydrogens is 128 g/mol. The molecular formula is C4H4O3S. The molecule has 2 atom stereocenters. The van der Waals surface area contributed by atoms with Crippen LogP contribution >= 0.6 is 0 Å². The monoisotopic (exact) mass is 132 g/mol. The second kappa shape index (κ2) is 1.78. The van der Waals surface area contributed by atoms with Crippen LogP contribution in [0.4, 0.5) is 0 Å². The number of carbonyl (C=O) groups excluding carboxylic acids is 2. The van der Waals surface area contributed by atoms with E-state index in [1.54, 1.807) is 0 Å². The lowest BCUT2D eigenvalue weighted by Gasteiger charge is -2.15. The zero-order valence-electron chi connectivity index (χ0n) is 3.99. The van der Waals surface area contributed by atoms with Gasteiger partial charge in [-0.25, -0.2) is 0 Å². The molecule has 1 aliphatic rings. The van der Waals surface area contributed by atoms with E-state index < -0.39 is 21.8 Å². The van der Waals surface area contributed by atoms with Crippen molar-refractivity contribution >= 4 is 22.2 Å². The van der Waals surface area contributed by atoms with Crippen molar-refractivity contribution in [2.45, 2.75) is 0 Å². The Bertz CT molecular complexity index is 163. The van der Waals surface area contributed by atoms with Crippen LogP contribution in [0.1, 0.15) is 0 Å². The summed E-state index contributed by atoms with van der Waals surface area (Å²) in [6.07, 6.45) is 0.545. The molecule has 0 aliphatic carbocycles. The van der Waals surface area contributed by atoms with Gasteiger partial charge in [0.1, 0.15) is 6.29 Å². The van der Waals surface area contributed by atoms with Gasteiger partial charge in [-0.05, 0) is 0 Å². The average molecular weight is 132 g/mol. The highest BCUT2D eigenvalue weighted by atomic mass is 32.2. The molecule has 0 saturated carbocycles. The Morgan fingerprint density at radius 3 is 2.50 bits per heavy atom. The van der Waals surface area contributed by atoms with Crippen molar-refractivity contribution in [3.63, 3.8) is 0 Å².